The van der Waals surface area contributed by atoms with Crippen LogP contribution >= 0.6 is 0 Å². The summed E-state index contributed by atoms with van der Waals surface area (Å²) in [6.45, 7) is 4.30. The Bertz CT molecular complexity index is 880. The maximum atomic E-state index is 11.5. The molecule has 3 rings (SSSR count). The van der Waals surface area contributed by atoms with Crippen molar-refractivity contribution in [3.05, 3.63) is 59.2 Å². The number of rotatable bonds is 3. The van der Waals surface area contributed by atoms with Gasteiger partial charge in [0.1, 0.15) is 0 Å². The van der Waals surface area contributed by atoms with Gasteiger partial charge in [0.05, 0.1) is 17.3 Å². The summed E-state index contributed by atoms with van der Waals surface area (Å²) in [5.74, 6) is 0.473. The van der Waals surface area contributed by atoms with Crippen LogP contribution in [0.1, 0.15) is 41.3 Å². The average Bonchev–Trinajstić information content (AvgIpc) is 2.92. The zero-order valence-corrected chi connectivity index (χ0v) is 12.6. The lowest BCUT2D eigenvalue weighted by atomic mass is 9.99. The fourth-order valence-electron chi connectivity index (χ4n) is 2.67. The predicted molar refractivity (Wildman–Crippen MR) is 87.9 cm³/mol. The summed E-state index contributed by atoms with van der Waals surface area (Å²) < 4.78 is 0. The second kappa shape index (κ2) is 5.50. The van der Waals surface area contributed by atoms with Crippen molar-refractivity contribution in [2.24, 2.45) is 0 Å². The van der Waals surface area contributed by atoms with Crippen LogP contribution in [-0.4, -0.2) is 11.3 Å². The van der Waals surface area contributed by atoms with E-state index in [-0.39, 0.29) is 0 Å². The van der Waals surface area contributed by atoms with Gasteiger partial charge < -0.3 is 4.98 Å². The number of hydrogen-bond donors (Lipinski definition) is 1. The number of aromatic amines is 1. The van der Waals surface area contributed by atoms with Crippen molar-refractivity contribution in [2.75, 3.05) is 0 Å². The summed E-state index contributed by atoms with van der Waals surface area (Å²) in [4.78, 5) is 14.8. The van der Waals surface area contributed by atoms with Crippen LogP contribution in [0.2, 0.25) is 0 Å². The molecule has 3 aromatic rings. The number of benzene rings is 2. The van der Waals surface area contributed by atoms with Crippen LogP contribution in [0.25, 0.3) is 22.2 Å². The van der Waals surface area contributed by atoms with Crippen LogP contribution in [0.4, 0.5) is 0 Å². The first-order valence-electron chi connectivity index (χ1n) is 7.25. The lowest BCUT2D eigenvalue weighted by molar-refractivity contribution is 0.112. The Morgan fingerprint density at radius 2 is 1.86 bits per heavy atom. The van der Waals surface area contributed by atoms with Gasteiger partial charge >= 0.3 is 0 Å². The Balaban J connectivity index is 2.18. The first kappa shape index (κ1) is 14.1. The molecule has 3 heteroatoms. The molecule has 0 aliphatic rings. The largest absolute Gasteiger partial charge is 0.354 e. The molecule has 0 fully saturated rings. The van der Waals surface area contributed by atoms with E-state index in [0.717, 1.165) is 28.4 Å². The van der Waals surface area contributed by atoms with Crippen LogP contribution in [0.3, 0.4) is 0 Å². The molecule has 0 spiro atoms. The molecule has 0 unspecified atom stereocenters. The SMILES string of the molecule is CC(C)c1ccc(-c2[nH]c3ccc(C#N)cc3c2C=O)cc1. The van der Waals surface area contributed by atoms with Crippen LogP contribution in [0, 0.1) is 11.3 Å². The normalized spacial score (nSPS) is 10.8. The fourth-order valence-corrected chi connectivity index (χ4v) is 2.67. The number of nitriles is 1. The molecule has 0 aliphatic heterocycles. The fraction of sp³-hybridized carbons (Fsp3) is 0.158. The average molecular weight is 288 g/mol. The molecule has 1 heterocycles. The van der Waals surface area contributed by atoms with Crippen LogP contribution in [0.5, 0.6) is 0 Å². The predicted octanol–water partition coefficient (Wildman–Crippen LogP) is 4.64. The molecule has 1 N–H and O–H groups in total. The van der Waals surface area contributed by atoms with Crippen molar-refractivity contribution in [3.8, 4) is 17.3 Å². The molecule has 2 aromatic carbocycles. The van der Waals surface area contributed by atoms with E-state index >= 15 is 0 Å². The molecule has 0 radical (unpaired) electrons. The number of nitrogens with zero attached hydrogens (tertiary/aromatic N) is 1. The van der Waals surface area contributed by atoms with Gasteiger partial charge in [-0.1, -0.05) is 38.1 Å². The summed E-state index contributed by atoms with van der Waals surface area (Å²) in [6, 6.07) is 15.7. The number of aromatic nitrogens is 1. The Hall–Kier alpha value is -2.86. The van der Waals surface area contributed by atoms with E-state index in [1.807, 2.05) is 18.2 Å². The third-order valence-corrected chi connectivity index (χ3v) is 3.95. The Kier molecular flexibility index (Phi) is 3.52. The highest BCUT2D eigenvalue weighted by atomic mass is 16.1. The first-order valence-corrected chi connectivity index (χ1v) is 7.25. The van der Waals surface area contributed by atoms with Gasteiger partial charge in [0, 0.05) is 16.5 Å². The molecule has 0 amide bonds. The van der Waals surface area contributed by atoms with E-state index in [1.54, 1.807) is 12.1 Å². The minimum absolute atomic E-state index is 0.473. The van der Waals surface area contributed by atoms with Crippen molar-refractivity contribution in [1.29, 1.82) is 5.26 Å². The zero-order chi connectivity index (χ0) is 15.7. The maximum absolute atomic E-state index is 11.5. The van der Waals surface area contributed by atoms with E-state index in [1.165, 1.54) is 5.56 Å². The molecular weight excluding hydrogens is 272 g/mol. The summed E-state index contributed by atoms with van der Waals surface area (Å²) >= 11 is 0. The number of aldehydes is 1. The maximum Gasteiger partial charge on any atom is 0.152 e. The number of carbonyl (C=O) groups is 1. The van der Waals surface area contributed by atoms with Gasteiger partial charge in [-0.3, -0.25) is 4.79 Å². The van der Waals surface area contributed by atoms with Crippen LogP contribution < -0.4 is 0 Å². The van der Waals surface area contributed by atoms with Gasteiger partial charge in [0.2, 0.25) is 0 Å². The number of H-pyrrole nitrogens is 1. The highest BCUT2D eigenvalue weighted by Gasteiger charge is 2.13. The minimum Gasteiger partial charge on any atom is -0.354 e. The van der Waals surface area contributed by atoms with E-state index in [0.29, 0.717) is 17.0 Å². The first-order chi connectivity index (χ1) is 10.6. The molecule has 108 valence electrons. The molecule has 22 heavy (non-hydrogen) atoms. The van der Waals surface area contributed by atoms with E-state index in [2.05, 4.69) is 37.0 Å². The number of fused-ring (bicyclic) bond motifs is 1. The molecule has 0 aliphatic carbocycles. The topological polar surface area (TPSA) is 56.6 Å². The molecule has 0 saturated carbocycles. The van der Waals surface area contributed by atoms with Gasteiger partial charge in [-0.05, 0) is 35.2 Å². The lowest BCUT2D eigenvalue weighted by Gasteiger charge is -2.06. The lowest BCUT2D eigenvalue weighted by Crippen LogP contribution is -1.88. The molecule has 0 atom stereocenters. The third-order valence-electron chi connectivity index (χ3n) is 3.95. The van der Waals surface area contributed by atoms with Gasteiger partial charge in [-0.15, -0.1) is 0 Å². The smallest absolute Gasteiger partial charge is 0.152 e. The summed E-state index contributed by atoms with van der Waals surface area (Å²) in [7, 11) is 0. The summed E-state index contributed by atoms with van der Waals surface area (Å²) in [5, 5.41) is 9.81. The Morgan fingerprint density at radius 1 is 1.14 bits per heavy atom. The molecule has 0 saturated heterocycles. The zero-order valence-electron chi connectivity index (χ0n) is 12.6. The van der Waals surface area contributed by atoms with Crippen molar-refractivity contribution in [2.45, 2.75) is 19.8 Å². The van der Waals surface area contributed by atoms with Crippen molar-refractivity contribution >= 4 is 17.2 Å². The highest BCUT2D eigenvalue weighted by Crippen LogP contribution is 2.30. The summed E-state index contributed by atoms with van der Waals surface area (Å²) in [5.41, 5.74) is 5.06. The standard InChI is InChI=1S/C19H16N2O/c1-12(2)14-4-6-15(7-5-14)19-17(11-22)16-9-13(10-20)3-8-18(16)21-19/h3-9,11-12,21H,1-2H3. The summed E-state index contributed by atoms with van der Waals surface area (Å²) in [6.07, 6.45) is 0.853. The minimum atomic E-state index is 0.473. The number of hydrogen-bond acceptors (Lipinski definition) is 2. The van der Waals surface area contributed by atoms with E-state index in [9.17, 15) is 4.79 Å². The number of carbonyl (C=O) groups excluding carboxylic acids is 1. The van der Waals surface area contributed by atoms with Crippen molar-refractivity contribution < 1.29 is 4.79 Å². The third kappa shape index (κ3) is 2.29. The molecule has 0 bridgehead atoms. The van der Waals surface area contributed by atoms with Gasteiger partial charge in [0.25, 0.3) is 0 Å². The second-order valence-corrected chi connectivity index (χ2v) is 5.68. The Morgan fingerprint density at radius 3 is 2.45 bits per heavy atom. The van der Waals surface area contributed by atoms with E-state index < -0.39 is 0 Å². The molecule has 3 nitrogen and oxygen atoms in total. The van der Waals surface area contributed by atoms with Crippen LogP contribution in [0.15, 0.2) is 42.5 Å². The molecule has 1 aromatic heterocycles. The highest BCUT2D eigenvalue weighted by molar-refractivity contribution is 6.04. The number of nitrogens with one attached hydrogen (secondary N) is 1. The van der Waals surface area contributed by atoms with Gasteiger partial charge in [-0.2, -0.15) is 5.26 Å². The van der Waals surface area contributed by atoms with E-state index in [4.69, 9.17) is 5.26 Å². The Labute approximate surface area is 129 Å². The second-order valence-electron chi connectivity index (χ2n) is 5.68. The quantitative estimate of drug-likeness (QED) is 0.714. The van der Waals surface area contributed by atoms with Gasteiger partial charge in [0.15, 0.2) is 6.29 Å². The van der Waals surface area contributed by atoms with Crippen molar-refractivity contribution in [3.63, 3.8) is 0 Å². The molecular formula is C19H16N2O. The monoisotopic (exact) mass is 288 g/mol. The van der Waals surface area contributed by atoms with Crippen LogP contribution in [-0.2, 0) is 0 Å². The van der Waals surface area contributed by atoms with Crippen molar-refractivity contribution in [1.82, 2.24) is 4.98 Å². The van der Waals surface area contributed by atoms with Gasteiger partial charge in [-0.25, -0.2) is 0 Å².